The van der Waals surface area contributed by atoms with Crippen LogP contribution in [0.5, 0.6) is 5.75 Å². The molecule has 1 heterocycles. The first-order valence-electron chi connectivity index (χ1n) is 10.5. The molecule has 3 aromatic carbocycles. The molecule has 0 aliphatic heterocycles. The zero-order chi connectivity index (χ0) is 24.8. The summed E-state index contributed by atoms with van der Waals surface area (Å²) < 4.78 is 7.30. The van der Waals surface area contributed by atoms with E-state index in [2.05, 4.69) is 15.5 Å². The van der Waals surface area contributed by atoms with Crippen LogP contribution < -0.4 is 10.1 Å². The smallest absolute Gasteiger partial charge is 0.253 e. The minimum absolute atomic E-state index is 0.0302. The summed E-state index contributed by atoms with van der Waals surface area (Å²) in [7, 11) is 1.57. The highest BCUT2D eigenvalue weighted by Gasteiger charge is 2.20. The van der Waals surface area contributed by atoms with Crippen LogP contribution in [0.15, 0.2) is 78.0 Å². The highest BCUT2D eigenvalue weighted by Crippen LogP contribution is 2.29. The van der Waals surface area contributed by atoms with Gasteiger partial charge in [0.1, 0.15) is 5.75 Å². The standard InChI is InChI=1S/C25H20Cl2N4O3S/c1-34-22-10-6-5-9-20(22)31-23(14-28-24(33)18-12-11-17(26)13-19(18)27)29-30-25(31)35-15-21(32)16-7-3-2-4-8-16/h2-13H,14-15H2,1H3,(H,28,33). The molecule has 0 aliphatic carbocycles. The fourth-order valence-corrected chi connectivity index (χ4v) is 4.68. The van der Waals surface area contributed by atoms with Gasteiger partial charge in [-0.15, -0.1) is 10.2 Å². The third-order valence-electron chi connectivity index (χ3n) is 5.04. The number of benzene rings is 3. The summed E-state index contributed by atoms with van der Waals surface area (Å²) in [4.78, 5) is 25.4. The summed E-state index contributed by atoms with van der Waals surface area (Å²) >= 11 is 13.4. The molecule has 0 aliphatic rings. The molecule has 0 radical (unpaired) electrons. The lowest BCUT2D eigenvalue weighted by molar-refractivity contribution is 0.0949. The van der Waals surface area contributed by atoms with Crippen LogP contribution in [0.25, 0.3) is 5.69 Å². The molecule has 178 valence electrons. The quantitative estimate of drug-likeness (QED) is 0.229. The van der Waals surface area contributed by atoms with Crippen molar-refractivity contribution in [2.45, 2.75) is 11.7 Å². The number of carbonyl (C=O) groups is 2. The minimum atomic E-state index is -0.380. The predicted molar refractivity (Wildman–Crippen MR) is 137 cm³/mol. The molecule has 0 bridgehead atoms. The van der Waals surface area contributed by atoms with Gasteiger partial charge in [-0.3, -0.25) is 14.2 Å². The third-order valence-corrected chi connectivity index (χ3v) is 6.51. The van der Waals surface area contributed by atoms with Crippen molar-refractivity contribution in [3.63, 3.8) is 0 Å². The van der Waals surface area contributed by atoms with Crippen LogP contribution in [0.1, 0.15) is 26.5 Å². The van der Waals surface area contributed by atoms with Gasteiger partial charge in [-0.05, 0) is 30.3 Å². The Bertz CT molecular complexity index is 1360. The number of nitrogens with one attached hydrogen (secondary N) is 1. The Morgan fingerprint density at radius 3 is 2.49 bits per heavy atom. The lowest BCUT2D eigenvalue weighted by Gasteiger charge is -2.14. The summed E-state index contributed by atoms with van der Waals surface area (Å²) in [5.74, 6) is 0.816. The molecule has 0 unspecified atom stereocenters. The molecule has 1 N–H and O–H groups in total. The molecule has 0 atom stereocenters. The number of halogens is 2. The van der Waals surface area contributed by atoms with Crippen molar-refractivity contribution >= 4 is 46.7 Å². The van der Waals surface area contributed by atoms with Crippen LogP contribution in [-0.2, 0) is 6.54 Å². The van der Waals surface area contributed by atoms with Crippen LogP contribution >= 0.6 is 35.0 Å². The maximum Gasteiger partial charge on any atom is 0.253 e. The van der Waals surface area contributed by atoms with Crippen LogP contribution in [0.3, 0.4) is 0 Å². The first-order chi connectivity index (χ1) is 17.0. The number of methoxy groups -OCH3 is 1. The first-order valence-corrected chi connectivity index (χ1v) is 12.2. The Morgan fingerprint density at radius 1 is 1.00 bits per heavy atom. The Labute approximate surface area is 216 Å². The van der Waals surface area contributed by atoms with Gasteiger partial charge in [0, 0.05) is 10.6 Å². The number of ether oxygens (including phenoxy) is 1. The molecular weight excluding hydrogens is 507 g/mol. The number of hydrogen-bond donors (Lipinski definition) is 1. The molecule has 0 saturated carbocycles. The summed E-state index contributed by atoms with van der Waals surface area (Å²) in [6, 6.07) is 21.1. The van der Waals surface area contributed by atoms with Crippen molar-refractivity contribution in [2.24, 2.45) is 0 Å². The van der Waals surface area contributed by atoms with Gasteiger partial charge in [0.05, 0.1) is 35.7 Å². The van der Waals surface area contributed by atoms with E-state index in [1.807, 2.05) is 42.5 Å². The molecule has 0 fully saturated rings. The van der Waals surface area contributed by atoms with E-state index < -0.39 is 0 Å². The van der Waals surface area contributed by atoms with E-state index in [1.165, 1.54) is 17.8 Å². The zero-order valence-electron chi connectivity index (χ0n) is 18.6. The normalized spacial score (nSPS) is 10.7. The Balaban J connectivity index is 1.60. The lowest BCUT2D eigenvalue weighted by Crippen LogP contribution is -2.25. The maximum absolute atomic E-state index is 12.7. The SMILES string of the molecule is COc1ccccc1-n1c(CNC(=O)c2ccc(Cl)cc2Cl)nnc1SCC(=O)c1ccccc1. The summed E-state index contributed by atoms with van der Waals surface area (Å²) in [5.41, 5.74) is 1.60. The molecule has 1 aromatic heterocycles. The Kier molecular flexibility index (Phi) is 8.07. The van der Waals surface area contributed by atoms with E-state index >= 15 is 0 Å². The third kappa shape index (κ3) is 5.85. The van der Waals surface area contributed by atoms with Gasteiger partial charge in [-0.25, -0.2) is 0 Å². The van der Waals surface area contributed by atoms with Crippen molar-refractivity contribution in [1.29, 1.82) is 0 Å². The second kappa shape index (κ2) is 11.4. The Hall–Kier alpha value is -3.33. The van der Waals surface area contributed by atoms with Crippen LogP contribution in [0, 0.1) is 0 Å². The van der Waals surface area contributed by atoms with Crippen LogP contribution in [0.2, 0.25) is 10.0 Å². The van der Waals surface area contributed by atoms with Crippen molar-refractivity contribution in [3.05, 3.63) is 99.8 Å². The largest absolute Gasteiger partial charge is 0.495 e. The van der Waals surface area contributed by atoms with Gasteiger partial charge >= 0.3 is 0 Å². The van der Waals surface area contributed by atoms with Crippen LogP contribution in [-0.4, -0.2) is 39.3 Å². The Morgan fingerprint density at radius 2 is 1.74 bits per heavy atom. The molecular formula is C25H20Cl2N4O3S. The van der Waals surface area contributed by atoms with E-state index in [4.69, 9.17) is 27.9 Å². The number of amides is 1. The first kappa shape index (κ1) is 24.8. The van der Waals surface area contributed by atoms with Gasteiger partial charge in [-0.1, -0.05) is 77.4 Å². The molecule has 7 nitrogen and oxygen atoms in total. The van der Waals surface area contributed by atoms with Gasteiger partial charge in [0.15, 0.2) is 16.8 Å². The van der Waals surface area contributed by atoms with Crippen molar-refractivity contribution in [1.82, 2.24) is 20.1 Å². The highest BCUT2D eigenvalue weighted by molar-refractivity contribution is 7.99. The molecule has 1 amide bonds. The van der Waals surface area contributed by atoms with E-state index in [1.54, 1.807) is 35.9 Å². The minimum Gasteiger partial charge on any atom is -0.495 e. The summed E-state index contributed by atoms with van der Waals surface area (Å²) in [5, 5.41) is 12.6. The zero-order valence-corrected chi connectivity index (χ0v) is 20.9. The lowest BCUT2D eigenvalue weighted by atomic mass is 10.2. The van der Waals surface area contributed by atoms with E-state index in [-0.39, 0.29) is 29.0 Å². The number of nitrogens with zero attached hydrogens (tertiary/aromatic N) is 3. The van der Waals surface area contributed by atoms with Gasteiger partial charge in [-0.2, -0.15) is 0 Å². The molecule has 0 saturated heterocycles. The molecule has 0 spiro atoms. The second-order valence-electron chi connectivity index (χ2n) is 7.29. The monoisotopic (exact) mass is 526 g/mol. The number of thioether (sulfide) groups is 1. The van der Waals surface area contributed by atoms with Crippen molar-refractivity contribution in [2.75, 3.05) is 12.9 Å². The van der Waals surface area contributed by atoms with Gasteiger partial charge < -0.3 is 10.1 Å². The van der Waals surface area contributed by atoms with E-state index in [0.717, 1.165) is 0 Å². The predicted octanol–water partition coefficient (Wildman–Crippen LogP) is 5.49. The van der Waals surface area contributed by atoms with E-state index in [9.17, 15) is 9.59 Å². The topological polar surface area (TPSA) is 86.1 Å². The average Bonchev–Trinajstić information content (AvgIpc) is 3.28. The number of hydrogen-bond acceptors (Lipinski definition) is 6. The van der Waals surface area contributed by atoms with Crippen LogP contribution in [0.4, 0.5) is 0 Å². The van der Waals surface area contributed by atoms with Crippen molar-refractivity contribution in [3.8, 4) is 11.4 Å². The number of carbonyl (C=O) groups excluding carboxylic acids is 2. The number of aromatic nitrogens is 3. The summed E-state index contributed by atoms with van der Waals surface area (Å²) in [6.07, 6.45) is 0. The number of para-hydroxylation sites is 2. The molecule has 35 heavy (non-hydrogen) atoms. The molecule has 10 heteroatoms. The van der Waals surface area contributed by atoms with Gasteiger partial charge in [0.25, 0.3) is 5.91 Å². The van der Waals surface area contributed by atoms with Crippen molar-refractivity contribution < 1.29 is 14.3 Å². The second-order valence-corrected chi connectivity index (χ2v) is 9.08. The number of ketones is 1. The fourth-order valence-electron chi connectivity index (χ4n) is 3.33. The average molecular weight is 527 g/mol. The summed E-state index contributed by atoms with van der Waals surface area (Å²) in [6.45, 7) is 0.0655. The molecule has 4 rings (SSSR count). The fraction of sp³-hybridized carbons (Fsp3) is 0.120. The highest BCUT2D eigenvalue weighted by atomic mass is 35.5. The maximum atomic E-state index is 12.7. The van der Waals surface area contributed by atoms with Gasteiger partial charge in [0.2, 0.25) is 0 Å². The molecule has 4 aromatic rings. The number of rotatable bonds is 9. The number of Topliss-reactive ketones (excluding diaryl/α,β-unsaturated/α-hetero) is 1. The van der Waals surface area contributed by atoms with E-state index in [0.29, 0.717) is 38.6 Å².